The van der Waals surface area contributed by atoms with Gasteiger partial charge in [-0.25, -0.2) is 8.42 Å². The van der Waals surface area contributed by atoms with Crippen LogP contribution in [0.15, 0.2) is 53.4 Å². The van der Waals surface area contributed by atoms with E-state index in [4.69, 9.17) is 23.2 Å². The lowest BCUT2D eigenvalue weighted by atomic mass is 10.2. The van der Waals surface area contributed by atoms with E-state index in [0.717, 1.165) is 5.56 Å². The first-order valence-electron chi connectivity index (χ1n) is 6.96. The average Bonchev–Trinajstić information content (AvgIpc) is 3.03. The lowest BCUT2D eigenvalue weighted by molar-refractivity contribution is 0.538. The first-order chi connectivity index (χ1) is 11.4. The Morgan fingerprint density at radius 3 is 2.12 bits per heavy atom. The highest BCUT2D eigenvalue weighted by molar-refractivity contribution is 7.91. The van der Waals surface area contributed by atoms with Crippen LogP contribution in [0.2, 0.25) is 10.0 Å². The van der Waals surface area contributed by atoms with Crippen molar-refractivity contribution in [1.82, 2.24) is 20.2 Å². The molecule has 3 aromatic rings. The molecular weight excluding hydrogens is 371 g/mol. The summed E-state index contributed by atoms with van der Waals surface area (Å²) < 4.78 is 24.6. The van der Waals surface area contributed by atoms with E-state index in [0.29, 0.717) is 15.9 Å². The number of hydrogen-bond donors (Lipinski definition) is 0. The molecule has 0 amide bonds. The summed E-state index contributed by atoms with van der Waals surface area (Å²) in [6.07, 6.45) is 0. The van der Waals surface area contributed by atoms with Gasteiger partial charge in [0.25, 0.3) is 0 Å². The second-order valence-corrected chi connectivity index (χ2v) is 7.97. The number of halogens is 2. The van der Waals surface area contributed by atoms with Crippen LogP contribution < -0.4 is 0 Å². The fourth-order valence-corrected chi connectivity index (χ4v) is 3.46. The van der Waals surface area contributed by atoms with Crippen molar-refractivity contribution in [2.75, 3.05) is 5.75 Å². The van der Waals surface area contributed by atoms with Gasteiger partial charge in [-0.1, -0.05) is 23.2 Å². The summed E-state index contributed by atoms with van der Waals surface area (Å²) >= 11 is 11.6. The quantitative estimate of drug-likeness (QED) is 0.677. The summed E-state index contributed by atoms with van der Waals surface area (Å²) in [5, 5.41) is 13.1. The molecule has 0 spiro atoms. The Hall–Kier alpha value is -1.96. The molecule has 0 aliphatic carbocycles. The molecule has 0 aliphatic rings. The van der Waals surface area contributed by atoms with Crippen molar-refractivity contribution in [3.63, 3.8) is 0 Å². The predicted octanol–water partition coefficient (Wildman–Crippen LogP) is 3.12. The van der Waals surface area contributed by atoms with Gasteiger partial charge in [-0.15, -0.1) is 10.2 Å². The molecule has 0 aliphatic heterocycles. The van der Waals surface area contributed by atoms with E-state index in [1.54, 1.807) is 36.4 Å². The maximum Gasteiger partial charge on any atom is 0.204 e. The molecule has 0 atom stereocenters. The van der Waals surface area contributed by atoms with Crippen LogP contribution in [0.5, 0.6) is 0 Å². The van der Waals surface area contributed by atoms with Gasteiger partial charge in [0.05, 0.1) is 17.2 Å². The zero-order valence-corrected chi connectivity index (χ0v) is 14.6. The van der Waals surface area contributed by atoms with E-state index in [2.05, 4.69) is 15.4 Å². The smallest absolute Gasteiger partial charge is 0.204 e. The molecule has 24 heavy (non-hydrogen) atoms. The van der Waals surface area contributed by atoms with Crippen LogP contribution in [0.4, 0.5) is 0 Å². The van der Waals surface area contributed by atoms with Gasteiger partial charge in [-0.2, -0.15) is 4.80 Å². The van der Waals surface area contributed by atoms with E-state index < -0.39 is 9.84 Å². The van der Waals surface area contributed by atoms with Gasteiger partial charge in [0.2, 0.25) is 5.82 Å². The number of hydrogen-bond acceptors (Lipinski definition) is 5. The van der Waals surface area contributed by atoms with Gasteiger partial charge in [0, 0.05) is 15.6 Å². The highest BCUT2D eigenvalue weighted by Gasteiger charge is 2.15. The highest BCUT2D eigenvalue weighted by Crippen LogP contribution is 2.18. The predicted molar refractivity (Wildman–Crippen MR) is 91.8 cm³/mol. The molecular formula is C15H12Cl2N4O2S. The normalized spacial score (nSPS) is 11.6. The average molecular weight is 383 g/mol. The first kappa shape index (κ1) is 16.9. The standard InChI is InChI=1S/C15H12Cl2N4O2S/c16-12-3-1-11(2-4-12)15-18-20-21(19-15)9-10-24(22,23)14-7-5-13(17)6-8-14/h1-8H,9-10H2. The molecule has 0 saturated carbocycles. The topological polar surface area (TPSA) is 77.7 Å². The lowest BCUT2D eigenvalue weighted by Crippen LogP contribution is -2.15. The van der Waals surface area contributed by atoms with E-state index in [1.165, 1.54) is 16.9 Å². The SMILES string of the molecule is O=S(=O)(CCn1nnc(-c2ccc(Cl)cc2)n1)c1ccc(Cl)cc1. The second-order valence-electron chi connectivity index (χ2n) is 4.99. The van der Waals surface area contributed by atoms with Crippen molar-refractivity contribution in [2.45, 2.75) is 11.4 Å². The molecule has 0 unspecified atom stereocenters. The zero-order valence-electron chi connectivity index (χ0n) is 12.3. The minimum absolute atomic E-state index is 0.103. The molecule has 6 nitrogen and oxygen atoms in total. The van der Waals surface area contributed by atoms with Crippen molar-refractivity contribution in [1.29, 1.82) is 0 Å². The van der Waals surface area contributed by atoms with Gasteiger partial charge >= 0.3 is 0 Å². The summed E-state index contributed by atoms with van der Waals surface area (Å²) in [4.78, 5) is 1.47. The number of benzene rings is 2. The summed E-state index contributed by atoms with van der Waals surface area (Å²) in [6, 6.07) is 13.0. The van der Waals surface area contributed by atoms with E-state index in [9.17, 15) is 8.42 Å². The minimum atomic E-state index is -3.44. The van der Waals surface area contributed by atoms with Crippen LogP contribution in [-0.2, 0) is 16.4 Å². The maximum atomic E-state index is 12.3. The van der Waals surface area contributed by atoms with Crippen molar-refractivity contribution < 1.29 is 8.42 Å². The van der Waals surface area contributed by atoms with Crippen LogP contribution in [0.3, 0.4) is 0 Å². The molecule has 1 heterocycles. The van der Waals surface area contributed by atoms with E-state index >= 15 is 0 Å². The maximum absolute atomic E-state index is 12.3. The van der Waals surface area contributed by atoms with Crippen LogP contribution in [0.25, 0.3) is 11.4 Å². The van der Waals surface area contributed by atoms with Crippen LogP contribution in [0.1, 0.15) is 0 Å². The van der Waals surface area contributed by atoms with Crippen molar-refractivity contribution in [2.24, 2.45) is 0 Å². The van der Waals surface area contributed by atoms with Crippen LogP contribution in [-0.4, -0.2) is 34.4 Å². The van der Waals surface area contributed by atoms with Crippen molar-refractivity contribution >= 4 is 33.0 Å². The molecule has 3 rings (SSSR count). The summed E-state index contributed by atoms with van der Waals surface area (Å²) in [6.45, 7) is 0.103. The Labute approximate surface area is 148 Å². The molecule has 0 radical (unpaired) electrons. The monoisotopic (exact) mass is 382 g/mol. The Kier molecular flexibility index (Phi) is 4.84. The fourth-order valence-electron chi connectivity index (χ4n) is 2.01. The molecule has 124 valence electrons. The molecule has 0 bridgehead atoms. The number of aromatic nitrogens is 4. The molecule has 0 fully saturated rings. The molecule has 0 N–H and O–H groups in total. The van der Waals surface area contributed by atoms with Crippen LogP contribution in [0, 0.1) is 0 Å². The number of sulfone groups is 1. The lowest BCUT2D eigenvalue weighted by Gasteiger charge is -2.03. The van der Waals surface area contributed by atoms with Crippen molar-refractivity contribution in [3.05, 3.63) is 58.6 Å². The van der Waals surface area contributed by atoms with E-state index in [-0.39, 0.29) is 17.2 Å². The Morgan fingerprint density at radius 1 is 0.917 bits per heavy atom. The third kappa shape index (κ3) is 3.92. The van der Waals surface area contributed by atoms with Gasteiger partial charge in [-0.05, 0) is 53.7 Å². The first-order valence-corrected chi connectivity index (χ1v) is 9.37. The minimum Gasteiger partial charge on any atom is -0.224 e. The number of tetrazole rings is 1. The Balaban J connectivity index is 1.71. The third-order valence-electron chi connectivity index (χ3n) is 3.29. The second kappa shape index (κ2) is 6.88. The molecule has 9 heteroatoms. The molecule has 1 aromatic heterocycles. The Morgan fingerprint density at radius 2 is 1.50 bits per heavy atom. The number of aryl methyl sites for hydroxylation is 1. The fraction of sp³-hybridized carbons (Fsp3) is 0.133. The van der Waals surface area contributed by atoms with Gasteiger partial charge in [0.15, 0.2) is 9.84 Å². The van der Waals surface area contributed by atoms with E-state index in [1.807, 2.05) is 0 Å². The zero-order chi connectivity index (χ0) is 17.2. The molecule has 0 saturated heterocycles. The number of nitrogens with zero attached hydrogens (tertiary/aromatic N) is 4. The van der Waals surface area contributed by atoms with Crippen molar-refractivity contribution in [3.8, 4) is 11.4 Å². The summed E-state index contributed by atoms with van der Waals surface area (Å²) in [7, 11) is -3.44. The van der Waals surface area contributed by atoms with Gasteiger partial charge in [-0.3, -0.25) is 0 Å². The van der Waals surface area contributed by atoms with Crippen LogP contribution >= 0.6 is 23.2 Å². The largest absolute Gasteiger partial charge is 0.224 e. The third-order valence-corrected chi connectivity index (χ3v) is 5.50. The van der Waals surface area contributed by atoms with Gasteiger partial charge < -0.3 is 0 Å². The van der Waals surface area contributed by atoms with Gasteiger partial charge in [0.1, 0.15) is 0 Å². The number of rotatable bonds is 5. The molecule has 2 aromatic carbocycles. The highest BCUT2D eigenvalue weighted by atomic mass is 35.5. The summed E-state index contributed by atoms with van der Waals surface area (Å²) in [5.41, 5.74) is 0.756. The Bertz CT molecular complexity index is 938. The summed E-state index contributed by atoms with van der Waals surface area (Å²) in [5.74, 6) is 0.279.